The smallest absolute Gasteiger partial charge is 0.224 e. The van der Waals surface area contributed by atoms with Crippen molar-refractivity contribution in [2.24, 2.45) is 5.92 Å². The molecule has 1 saturated heterocycles. The molecule has 2 atom stereocenters. The molecule has 0 bridgehead atoms. The van der Waals surface area contributed by atoms with E-state index in [1.54, 1.807) is 0 Å². The minimum absolute atomic E-state index is 0.0781. The first kappa shape index (κ1) is 14.1. The van der Waals surface area contributed by atoms with E-state index in [0.29, 0.717) is 5.92 Å². The van der Waals surface area contributed by atoms with E-state index >= 15 is 0 Å². The molecule has 0 aliphatic carbocycles. The fourth-order valence-electron chi connectivity index (χ4n) is 2.46. The minimum Gasteiger partial charge on any atom is -0.349 e. The third kappa shape index (κ3) is 3.57. The number of benzene rings is 1. The molecule has 1 fully saturated rings. The Morgan fingerprint density at radius 3 is 2.37 bits per heavy atom. The number of carbonyl (C=O) groups is 1. The van der Waals surface area contributed by atoms with E-state index < -0.39 is 0 Å². The SMILES string of the molecule is CC(C)c1ccc(C(C)NC(=O)C2CCNC2)cc1. The molecule has 0 spiro atoms. The quantitative estimate of drug-likeness (QED) is 0.873. The summed E-state index contributed by atoms with van der Waals surface area (Å²) in [6.07, 6.45) is 0.949. The third-order valence-corrected chi connectivity index (χ3v) is 3.89. The van der Waals surface area contributed by atoms with Crippen LogP contribution in [0.2, 0.25) is 0 Å². The van der Waals surface area contributed by atoms with Gasteiger partial charge in [0.25, 0.3) is 0 Å². The van der Waals surface area contributed by atoms with Crippen LogP contribution >= 0.6 is 0 Å². The van der Waals surface area contributed by atoms with Gasteiger partial charge in [0.2, 0.25) is 5.91 Å². The second-order valence-electron chi connectivity index (χ2n) is 5.74. The van der Waals surface area contributed by atoms with Crippen molar-refractivity contribution in [3.8, 4) is 0 Å². The van der Waals surface area contributed by atoms with E-state index in [4.69, 9.17) is 0 Å². The Morgan fingerprint density at radius 2 is 1.84 bits per heavy atom. The predicted octanol–water partition coefficient (Wildman–Crippen LogP) is 2.60. The molecular weight excluding hydrogens is 236 g/mol. The number of hydrogen-bond donors (Lipinski definition) is 2. The van der Waals surface area contributed by atoms with Gasteiger partial charge in [0, 0.05) is 6.54 Å². The highest BCUT2D eigenvalue weighted by Crippen LogP contribution is 2.19. The lowest BCUT2D eigenvalue weighted by molar-refractivity contribution is -0.125. The Balaban J connectivity index is 1.95. The summed E-state index contributed by atoms with van der Waals surface area (Å²) in [5.74, 6) is 0.853. The first-order valence-electron chi connectivity index (χ1n) is 7.19. The first-order chi connectivity index (χ1) is 9.08. The zero-order valence-corrected chi connectivity index (χ0v) is 12.1. The van der Waals surface area contributed by atoms with E-state index in [9.17, 15) is 4.79 Å². The number of rotatable bonds is 4. The molecule has 2 N–H and O–H groups in total. The van der Waals surface area contributed by atoms with Gasteiger partial charge in [0.1, 0.15) is 0 Å². The Hall–Kier alpha value is -1.35. The van der Waals surface area contributed by atoms with Crippen molar-refractivity contribution in [3.05, 3.63) is 35.4 Å². The van der Waals surface area contributed by atoms with Crippen LogP contribution in [-0.4, -0.2) is 19.0 Å². The highest BCUT2D eigenvalue weighted by Gasteiger charge is 2.23. The maximum Gasteiger partial charge on any atom is 0.224 e. The second-order valence-corrected chi connectivity index (χ2v) is 5.74. The standard InChI is InChI=1S/C16H24N2O/c1-11(2)13-4-6-14(7-5-13)12(3)18-16(19)15-8-9-17-10-15/h4-7,11-12,15,17H,8-10H2,1-3H3,(H,18,19). The fourth-order valence-corrected chi connectivity index (χ4v) is 2.46. The molecule has 1 aromatic rings. The van der Waals surface area contributed by atoms with Crippen LogP contribution in [0.25, 0.3) is 0 Å². The van der Waals surface area contributed by atoms with Crippen LogP contribution in [0.3, 0.4) is 0 Å². The van der Waals surface area contributed by atoms with Gasteiger partial charge in [-0.2, -0.15) is 0 Å². The van der Waals surface area contributed by atoms with Crippen LogP contribution in [0.5, 0.6) is 0 Å². The second kappa shape index (κ2) is 6.20. The minimum atomic E-state index is 0.0781. The number of amides is 1. The Morgan fingerprint density at radius 1 is 1.21 bits per heavy atom. The summed E-state index contributed by atoms with van der Waals surface area (Å²) in [5.41, 5.74) is 2.51. The van der Waals surface area contributed by atoms with Crippen molar-refractivity contribution in [1.82, 2.24) is 10.6 Å². The largest absolute Gasteiger partial charge is 0.349 e. The topological polar surface area (TPSA) is 41.1 Å². The molecule has 0 saturated carbocycles. The number of hydrogen-bond acceptors (Lipinski definition) is 2. The number of carbonyl (C=O) groups excluding carboxylic acids is 1. The molecule has 0 radical (unpaired) electrons. The van der Waals surface area contributed by atoms with E-state index in [-0.39, 0.29) is 17.9 Å². The summed E-state index contributed by atoms with van der Waals surface area (Å²) in [4.78, 5) is 12.1. The normalized spacial score (nSPS) is 20.5. The van der Waals surface area contributed by atoms with Crippen molar-refractivity contribution >= 4 is 5.91 Å². The van der Waals surface area contributed by atoms with E-state index in [0.717, 1.165) is 19.5 Å². The summed E-state index contributed by atoms with van der Waals surface area (Å²) in [6.45, 7) is 8.19. The van der Waals surface area contributed by atoms with Crippen LogP contribution in [0.15, 0.2) is 24.3 Å². The van der Waals surface area contributed by atoms with Crippen molar-refractivity contribution < 1.29 is 4.79 Å². The average molecular weight is 260 g/mol. The maximum absolute atomic E-state index is 12.1. The summed E-state index contributed by atoms with van der Waals surface area (Å²) < 4.78 is 0. The van der Waals surface area contributed by atoms with Gasteiger partial charge in [-0.1, -0.05) is 38.1 Å². The monoisotopic (exact) mass is 260 g/mol. The molecule has 2 unspecified atom stereocenters. The summed E-state index contributed by atoms with van der Waals surface area (Å²) in [5, 5.41) is 6.33. The van der Waals surface area contributed by atoms with Crippen molar-refractivity contribution in [3.63, 3.8) is 0 Å². The summed E-state index contributed by atoms with van der Waals surface area (Å²) in [7, 11) is 0. The van der Waals surface area contributed by atoms with E-state index in [1.165, 1.54) is 11.1 Å². The first-order valence-corrected chi connectivity index (χ1v) is 7.19. The average Bonchev–Trinajstić information content (AvgIpc) is 2.92. The third-order valence-electron chi connectivity index (χ3n) is 3.89. The molecule has 104 valence electrons. The maximum atomic E-state index is 12.1. The van der Waals surface area contributed by atoms with Gasteiger partial charge < -0.3 is 10.6 Å². The van der Waals surface area contributed by atoms with Gasteiger partial charge >= 0.3 is 0 Å². The highest BCUT2D eigenvalue weighted by molar-refractivity contribution is 5.79. The molecule has 1 amide bonds. The van der Waals surface area contributed by atoms with Crippen LogP contribution in [-0.2, 0) is 4.79 Å². The van der Waals surface area contributed by atoms with Crippen LogP contribution < -0.4 is 10.6 Å². The lowest BCUT2D eigenvalue weighted by Gasteiger charge is -2.17. The van der Waals surface area contributed by atoms with Gasteiger partial charge in [-0.05, 0) is 36.9 Å². The lowest BCUT2D eigenvalue weighted by atomic mass is 9.99. The van der Waals surface area contributed by atoms with Gasteiger partial charge in [-0.3, -0.25) is 4.79 Å². The summed E-state index contributed by atoms with van der Waals surface area (Å²) >= 11 is 0. The molecule has 1 aliphatic rings. The van der Waals surface area contributed by atoms with Gasteiger partial charge in [-0.15, -0.1) is 0 Å². The Kier molecular flexibility index (Phi) is 4.59. The Labute approximate surface area is 115 Å². The molecule has 0 aromatic heterocycles. The molecule has 3 heteroatoms. The summed E-state index contributed by atoms with van der Waals surface area (Å²) in [6, 6.07) is 8.62. The molecule has 1 aromatic carbocycles. The van der Waals surface area contributed by atoms with Gasteiger partial charge in [0.05, 0.1) is 12.0 Å². The zero-order chi connectivity index (χ0) is 13.8. The van der Waals surface area contributed by atoms with Crippen LogP contribution in [0, 0.1) is 5.92 Å². The predicted molar refractivity (Wildman–Crippen MR) is 78.1 cm³/mol. The van der Waals surface area contributed by atoms with E-state index in [1.807, 2.05) is 6.92 Å². The molecule has 1 heterocycles. The van der Waals surface area contributed by atoms with Crippen LogP contribution in [0.4, 0.5) is 0 Å². The highest BCUT2D eigenvalue weighted by atomic mass is 16.2. The molecular formula is C16H24N2O. The molecule has 1 aliphatic heterocycles. The number of nitrogens with one attached hydrogen (secondary N) is 2. The Bertz CT molecular complexity index is 419. The molecule has 2 rings (SSSR count). The molecule has 3 nitrogen and oxygen atoms in total. The van der Waals surface area contributed by atoms with Gasteiger partial charge in [0.15, 0.2) is 0 Å². The van der Waals surface area contributed by atoms with Crippen molar-refractivity contribution in [2.75, 3.05) is 13.1 Å². The molecule has 19 heavy (non-hydrogen) atoms. The zero-order valence-electron chi connectivity index (χ0n) is 12.1. The van der Waals surface area contributed by atoms with Crippen molar-refractivity contribution in [1.29, 1.82) is 0 Å². The van der Waals surface area contributed by atoms with E-state index in [2.05, 4.69) is 48.7 Å². The fraction of sp³-hybridized carbons (Fsp3) is 0.562. The van der Waals surface area contributed by atoms with Crippen LogP contribution in [0.1, 0.15) is 50.3 Å². The van der Waals surface area contributed by atoms with Gasteiger partial charge in [-0.25, -0.2) is 0 Å². The van der Waals surface area contributed by atoms with Crippen molar-refractivity contribution in [2.45, 2.75) is 39.2 Å². The lowest BCUT2D eigenvalue weighted by Crippen LogP contribution is -2.33.